The summed E-state index contributed by atoms with van der Waals surface area (Å²) in [4.78, 5) is 18.7. The van der Waals surface area contributed by atoms with E-state index in [2.05, 4.69) is 22.0 Å². The molecule has 138 valence electrons. The highest BCUT2D eigenvalue weighted by molar-refractivity contribution is 5.74. The Balaban J connectivity index is 1.64. The molecule has 0 bridgehead atoms. The minimum atomic E-state index is -0.105. The molecule has 1 aromatic carbocycles. The third kappa shape index (κ3) is 4.71. The average molecular weight is 354 g/mol. The lowest BCUT2D eigenvalue weighted by atomic mass is 9.96. The van der Waals surface area contributed by atoms with Crippen molar-refractivity contribution in [3.63, 3.8) is 0 Å². The zero-order valence-electron chi connectivity index (χ0n) is 15.3. The lowest BCUT2D eigenvalue weighted by Crippen LogP contribution is -2.45. The number of aryl methyl sites for hydroxylation is 1. The van der Waals surface area contributed by atoms with E-state index in [1.54, 1.807) is 11.0 Å². The van der Waals surface area contributed by atoms with Gasteiger partial charge in [-0.1, -0.05) is 60.3 Å². The zero-order chi connectivity index (χ0) is 18.4. The number of carbonyl (C=O) groups is 1. The SMILES string of the molecule is C=CCN(Cc1nc(-c2ccc(C)cc2)no1)C(=O)NC1CCCCC1. The molecule has 0 saturated heterocycles. The molecular weight excluding hydrogens is 328 g/mol. The maximum Gasteiger partial charge on any atom is 0.318 e. The first-order valence-electron chi connectivity index (χ1n) is 9.21. The van der Waals surface area contributed by atoms with E-state index in [9.17, 15) is 4.79 Å². The number of carbonyl (C=O) groups excluding carboxylic acids is 1. The van der Waals surface area contributed by atoms with Gasteiger partial charge in [-0.05, 0) is 19.8 Å². The van der Waals surface area contributed by atoms with Gasteiger partial charge in [-0.3, -0.25) is 0 Å². The van der Waals surface area contributed by atoms with Crippen LogP contribution in [0.1, 0.15) is 43.6 Å². The molecule has 1 fully saturated rings. The lowest BCUT2D eigenvalue weighted by molar-refractivity contribution is 0.185. The van der Waals surface area contributed by atoms with Crippen molar-refractivity contribution >= 4 is 6.03 Å². The van der Waals surface area contributed by atoms with Gasteiger partial charge in [-0.25, -0.2) is 4.79 Å². The average Bonchev–Trinajstić information content (AvgIpc) is 3.11. The summed E-state index contributed by atoms with van der Waals surface area (Å²) in [7, 11) is 0. The minimum Gasteiger partial charge on any atom is -0.337 e. The summed E-state index contributed by atoms with van der Waals surface area (Å²) in [5, 5.41) is 7.15. The number of nitrogens with zero attached hydrogens (tertiary/aromatic N) is 3. The van der Waals surface area contributed by atoms with Crippen LogP contribution in [-0.2, 0) is 6.54 Å². The van der Waals surface area contributed by atoms with Crippen molar-refractivity contribution < 1.29 is 9.32 Å². The van der Waals surface area contributed by atoms with E-state index in [1.807, 2.05) is 31.2 Å². The third-order valence-electron chi connectivity index (χ3n) is 4.67. The van der Waals surface area contributed by atoms with Gasteiger partial charge in [-0.2, -0.15) is 4.98 Å². The Morgan fingerprint density at radius 3 is 2.73 bits per heavy atom. The Morgan fingerprint density at radius 1 is 1.31 bits per heavy atom. The molecule has 0 aliphatic heterocycles. The number of urea groups is 1. The Bertz CT molecular complexity index is 733. The van der Waals surface area contributed by atoms with Crippen molar-refractivity contribution in [2.45, 2.75) is 51.6 Å². The molecule has 6 nitrogen and oxygen atoms in total. The Hall–Kier alpha value is -2.63. The van der Waals surface area contributed by atoms with E-state index in [0.29, 0.717) is 18.3 Å². The van der Waals surface area contributed by atoms with Crippen LogP contribution in [0.15, 0.2) is 41.4 Å². The van der Waals surface area contributed by atoms with Gasteiger partial charge in [0, 0.05) is 18.2 Å². The summed E-state index contributed by atoms with van der Waals surface area (Å²) in [5.41, 5.74) is 2.07. The Labute approximate surface area is 154 Å². The van der Waals surface area contributed by atoms with Gasteiger partial charge in [0.25, 0.3) is 0 Å². The lowest BCUT2D eigenvalue weighted by Gasteiger charge is -2.27. The molecule has 3 rings (SSSR count). The number of benzene rings is 1. The highest BCUT2D eigenvalue weighted by atomic mass is 16.5. The van der Waals surface area contributed by atoms with Crippen LogP contribution in [-0.4, -0.2) is 33.7 Å². The van der Waals surface area contributed by atoms with Crippen LogP contribution in [0, 0.1) is 6.92 Å². The monoisotopic (exact) mass is 354 g/mol. The highest BCUT2D eigenvalue weighted by Gasteiger charge is 2.21. The van der Waals surface area contributed by atoms with E-state index in [1.165, 1.54) is 24.8 Å². The zero-order valence-corrected chi connectivity index (χ0v) is 15.3. The fourth-order valence-electron chi connectivity index (χ4n) is 3.19. The first kappa shape index (κ1) is 18.2. The standard InChI is InChI=1S/C20H26N4O2/c1-3-13-24(20(25)21-17-7-5-4-6-8-17)14-18-22-19(23-26-18)16-11-9-15(2)10-12-16/h3,9-12,17H,1,4-8,13-14H2,2H3,(H,21,25). The van der Waals surface area contributed by atoms with Crippen molar-refractivity contribution in [1.82, 2.24) is 20.4 Å². The highest BCUT2D eigenvalue weighted by Crippen LogP contribution is 2.19. The summed E-state index contributed by atoms with van der Waals surface area (Å²) >= 11 is 0. The second kappa shape index (κ2) is 8.65. The van der Waals surface area contributed by atoms with Crippen molar-refractivity contribution in [2.24, 2.45) is 0 Å². The van der Waals surface area contributed by atoms with Gasteiger partial charge in [0.1, 0.15) is 6.54 Å². The van der Waals surface area contributed by atoms with Gasteiger partial charge < -0.3 is 14.7 Å². The molecule has 26 heavy (non-hydrogen) atoms. The van der Waals surface area contributed by atoms with E-state index < -0.39 is 0 Å². The molecule has 0 spiro atoms. The normalized spacial score (nSPS) is 14.8. The van der Waals surface area contributed by atoms with E-state index >= 15 is 0 Å². The number of hydrogen-bond donors (Lipinski definition) is 1. The quantitative estimate of drug-likeness (QED) is 0.794. The van der Waals surface area contributed by atoms with Crippen molar-refractivity contribution in [3.8, 4) is 11.4 Å². The molecule has 6 heteroatoms. The van der Waals surface area contributed by atoms with Gasteiger partial charge in [0.2, 0.25) is 11.7 Å². The van der Waals surface area contributed by atoms with Crippen molar-refractivity contribution in [3.05, 3.63) is 48.4 Å². The largest absolute Gasteiger partial charge is 0.337 e. The summed E-state index contributed by atoms with van der Waals surface area (Å²) in [5.74, 6) is 0.951. The second-order valence-corrected chi connectivity index (χ2v) is 6.83. The predicted molar refractivity (Wildman–Crippen MR) is 100 cm³/mol. The molecular formula is C20H26N4O2. The maximum absolute atomic E-state index is 12.6. The molecule has 0 radical (unpaired) electrons. The fourth-order valence-corrected chi connectivity index (χ4v) is 3.19. The molecule has 2 aromatic rings. The molecule has 1 aliphatic carbocycles. The molecule has 1 saturated carbocycles. The summed E-state index contributed by atoms with van der Waals surface area (Å²) < 4.78 is 5.35. The number of hydrogen-bond acceptors (Lipinski definition) is 4. The first-order valence-corrected chi connectivity index (χ1v) is 9.21. The summed E-state index contributed by atoms with van der Waals surface area (Å²) in [6.45, 7) is 6.47. The van der Waals surface area contributed by atoms with Gasteiger partial charge in [-0.15, -0.1) is 6.58 Å². The molecule has 1 aliphatic rings. The van der Waals surface area contributed by atoms with Gasteiger partial charge >= 0.3 is 6.03 Å². The predicted octanol–water partition coefficient (Wildman–Crippen LogP) is 4.08. The second-order valence-electron chi connectivity index (χ2n) is 6.83. The van der Waals surface area contributed by atoms with Crippen molar-refractivity contribution in [1.29, 1.82) is 0 Å². The molecule has 1 heterocycles. The molecule has 1 N–H and O–H groups in total. The summed E-state index contributed by atoms with van der Waals surface area (Å²) in [6, 6.07) is 8.09. The number of nitrogens with one attached hydrogen (secondary N) is 1. The number of aromatic nitrogens is 2. The van der Waals surface area contributed by atoms with E-state index in [-0.39, 0.29) is 18.6 Å². The van der Waals surface area contributed by atoms with E-state index in [0.717, 1.165) is 18.4 Å². The molecule has 0 atom stereocenters. The Morgan fingerprint density at radius 2 is 2.04 bits per heavy atom. The van der Waals surface area contributed by atoms with Crippen LogP contribution >= 0.6 is 0 Å². The van der Waals surface area contributed by atoms with Crippen LogP contribution in [0.25, 0.3) is 11.4 Å². The van der Waals surface area contributed by atoms with Crippen LogP contribution in [0.3, 0.4) is 0 Å². The van der Waals surface area contributed by atoms with Crippen molar-refractivity contribution in [2.75, 3.05) is 6.54 Å². The summed E-state index contributed by atoms with van der Waals surface area (Å²) in [6.07, 6.45) is 7.41. The topological polar surface area (TPSA) is 71.3 Å². The van der Waals surface area contributed by atoms with Crippen LogP contribution in [0.2, 0.25) is 0 Å². The molecule has 1 aromatic heterocycles. The number of rotatable bonds is 6. The van der Waals surface area contributed by atoms with Crippen LogP contribution in [0.4, 0.5) is 4.79 Å². The number of amides is 2. The molecule has 2 amide bonds. The smallest absolute Gasteiger partial charge is 0.318 e. The Kier molecular flexibility index (Phi) is 6.04. The van der Waals surface area contributed by atoms with Gasteiger partial charge in [0.15, 0.2) is 0 Å². The third-order valence-corrected chi connectivity index (χ3v) is 4.67. The van der Waals surface area contributed by atoms with Gasteiger partial charge in [0.05, 0.1) is 0 Å². The first-order chi connectivity index (χ1) is 12.7. The molecule has 0 unspecified atom stereocenters. The van der Waals surface area contributed by atoms with E-state index in [4.69, 9.17) is 4.52 Å². The fraction of sp³-hybridized carbons (Fsp3) is 0.450. The maximum atomic E-state index is 12.6. The van der Waals surface area contributed by atoms with Crippen LogP contribution < -0.4 is 5.32 Å². The van der Waals surface area contributed by atoms with Crippen LogP contribution in [0.5, 0.6) is 0 Å². The minimum absolute atomic E-state index is 0.105.